The van der Waals surface area contributed by atoms with Crippen molar-refractivity contribution < 1.29 is 8.83 Å². The number of rotatable bonds is 4. The quantitative estimate of drug-likeness (QED) is 0.167. The van der Waals surface area contributed by atoms with E-state index in [1.165, 1.54) is 16.2 Å². The Morgan fingerprint density at radius 2 is 0.783 bits per heavy atom. The van der Waals surface area contributed by atoms with Crippen molar-refractivity contribution in [3.8, 4) is 45.3 Å². The molecule has 0 aliphatic rings. The molecule has 0 radical (unpaired) electrons. The lowest BCUT2D eigenvalue weighted by Crippen LogP contribution is -2.00. The molecule has 13 rings (SSSR count). The number of nitrogens with zero attached hydrogens (tertiary/aromatic N) is 3. The minimum absolute atomic E-state index is 0.604. The zero-order valence-electron chi connectivity index (χ0n) is 32.1. The predicted molar refractivity (Wildman–Crippen MR) is 246 cm³/mol. The van der Waals surface area contributed by atoms with Crippen molar-refractivity contribution in [3.63, 3.8) is 0 Å². The molecule has 0 bridgehead atoms. The summed E-state index contributed by atoms with van der Waals surface area (Å²) in [5.74, 6) is 1.83. The van der Waals surface area contributed by atoms with Crippen LogP contribution in [0.4, 0.5) is 0 Å². The topological polar surface area (TPSA) is 65.0 Å². The van der Waals surface area contributed by atoms with E-state index in [1.807, 2.05) is 30.3 Å². The highest BCUT2D eigenvalue weighted by molar-refractivity contribution is 6.16. The maximum absolute atomic E-state index is 6.28. The molecule has 0 aliphatic carbocycles. The van der Waals surface area contributed by atoms with Crippen LogP contribution in [0.2, 0.25) is 0 Å². The van der Waals surface area contributed by atoms with Crippen LogP contribution in [0.25, 0.3) is 132 Å². The summed E-state index contributed by atoms with van der Waals surface area (Å²) in [4.78, 5) is 15.6. The Balaban J connectivity index is 0.984. The minimum Gasteiger partial charge on any atom is -0.456 e. The van der Waals surface area contributed by atoms with Crippen molar-refractivity contribution in [1.29, 1.82) is 0 Å². The van der Waals surface area contributed by atoms with E-state index < -0.39 is 0 Å². The van der Waals surface area contributed by atoms with Crippen molar-refractivity contribution in [2.24, 2.45) is 0 Å². The van der Waals surface area contributed by atoms with Crippen LogP contribution < -0.4 is 0 Å². The molecular formula is C55H31N3O2. The van der Waals surface area contributed by atoms with Gasteiger partial charge in [-0.25, -0.2) is 15.0 Å². The van der Waals surface area contributed by atoms with Gasteiger partial charge in [0.25, 0.3) is 0 Å². The van der Waals surface area contributed by atoms with Crippen molar-refractivity contribution in [2.45, 2.75) is 0 Å². The molecule has 0 unspecified atom stereocenters. The summed E-state index contributed by atoms with van der Waals surface area (Å²) >= 11 is 0. The molecule has 0 fully saturated rings. The lowest BCUT2D eigenvalue weighted by molar-refractivity contribution is 0.669. The summed E-state index contributed by atoms with van der Waals surface area (Å²) in [5.41, 5.74) is 8.53. The molecule has 0 aliphatic heterocycles. The molecule has 13 aromatic rings. The Bertz CT molecular complexity index is 3910. The van der Waals surface area contributed by atoms with Crippen LogP contribution in [0.5, 0.6) is 0 Å². The summed E-state index contributed by atoms with van der Waals surface area (Å²) in [5, 5.41) is 13.6. The zero-order valence-corrected chi connectivity index (χ0v) is 32.1. The predicted octanol–water partition coefficient (Wildman–Crippen LogP) is 15.0. The number of aromatic nitrogens is 3. The fourth-order valence-corrected chi connectivity index (χ4v) is 9.18. The van der Waals surface area contributed by atoms with Gasteiger partial charge in [-0.2, -0.15) is 0 Å². The Morgan fingerprint density at radius 3 is 1.58 bits per heavy atom. The molecule has 5 nitrogen and oxygen atoms in total. The maximum Gasteiger partial charge on any atom is 0.164 e. The largest absolute Gasteiger partial charge is 0.456 e. The smallest absolute Gasteiger partial charge is 0.164 e. The third kappa shape index (κ3) is 5.09. The van der Waals surface area contributed by atoms with Gasteiger partial charge in [0.05, 0.1) is 0 Å². The summed E-state index contributed by atoms with van der Waals surface area (Å²) in [7, 11) is 0. The first-order valence-corrected chi connectivity index (χ1v) is 20.2. The van der Waals surface area contributed by atoms with Crippen LogP contribution in [-0.2, 0) is 0 Å². The van der Waals surface area contributed by atoms with Gasteiger partial charge in [0.1, 0.15) is 22.3 Å². The fourth-order valence-electron chi connectivity index (χ4n) is 9.18. The highest BCUT2D eigenvalue weighted by Crippen LogP contribution is 2.41. The fraction of sp³-hybridized carbons (Fsp3) is 0. The SMILES string of the molecule is c1cc(-c2cccc3oc4ccccc4c23)c2ccc(-c3nc(-c4ccc5cc6c(cc5c4)oc4ccccc46)nc(-c4ccc5c(ccc6ccccc65)c4)n3)cc2c1. The minimum atomic E-state index is 0.604. The van der Waals surface area contributed by atoms with E-state index in [0.717, 1.165) is 98.6 Å². The average Bonchev–Trinajstić information content (AvgIpc) is 3.88. The first-order chi connectivity index (χ1) is 29.7. The molecule has 3 heterocycles. The number of fused-ring (bicyclic) bond motifs is 11. The van der Waals surface area contributed by atoms with E-state index in [2.05, 4.69) is 158 Å². The number of furan rings is 2. The van der Waals surface area contributed by atoms with Gasteiger partial charge < -0.3 is 8.83 Å². The summed E-state index contributed by atoms with van der Waals surface area (Å²) < 4.78 is 12.6. The van der Waals surface area contributed by atoms with Crippen LogP contribution in [-0.4, -0.2) is 15.0 Å². The molecule has 0 N–H and O–H groups in total. The van der Waals surface area contributed by atoms with E-state index in [1.54, 1.807) is 0 Å². The first kappa shape index (κ1) is 32.9. The van der Waals surface area contributed by atoms with Crippen LogP contribution in [0.15, 0.2) is 197 Å². The van der Waals surface area contributed by atoms with Gasteiger partial charge in [-0.1, -0.05) is 140 Å². The van der Waals surface area contributed by atoms with Crippen molar-refractivity contribution in [2.75, 3.05) is 0 Å². The number of hydrogen-bond donors (Lipinski definition) is 0. The molecule has 0 saturated heterocycles. The number of para-hydroxylation sites is 2. The van der Waals surface area contributed by atoms with Crippen LogP contribution in [0, 0.1) is 0 Å². The highest BCUT2D eigenvalue weighted by atomic mass is 16.3. The molecule has 0 atom stereocenters. The molecule has 10 aromatic carbocycles. The normalized spacial score (nSPS) is 12.0. The molecule has 0 amide bonds. The standard InChI is InChI=1S/C55H31N3O2/c1-2-11-40-32(9-1)19-21-35-28-38(23-25-41(35)40)55-57-53(36-22-20-33-30-47-44-12-3-5-16-48(44)60-51(47)31-39(33)29-36)56-54(58-55)37-24-26-42-34(27-37)10-7-14-43(42)45-15-8-18-50-52(45)46-13-4-6-17-49(46)59-50/h1-31H. The highest BCUT2D eigenvalue weighted by Gasteiger charge is 2.18. The van der Waals surface area contributed by atoms with Gasteiger partial charge in [0, 0.05) is 38.2 Å². The average molecular weight is 766 g/mol. The molecule has 0 spiro atoms. The van der Waals surface area contributed by atoms with Crippen LogP contribution in [0.3, 0.4) is 0 Å². The summed E-state index contributed by atoms with van der Waals surface area (Å²) in [6, 6.07) is 65.9. The Kier molecular flexibility index (Phi) is 6.95. The van der Waals surface area contributed by atoms with Crippen molar-refractivity contribution >= 4 is 87.0 Å². The second kappa shape index (κ2) is 12.7. The second-order valence-electron chi connectivity index (χ2n) is 15.6. The molecule has 5 heteroatoms. The van der Waals surface area contributed by atoms with Gasteiger partial charge in [0.15, 0.2) is 17.5 Å². The third-order valence-electron chi connectivity index (χ3n) is 12.1. The van der Waals surface area contributed by atoms with Gasteiger partial charge in [-0.3, -0.25) is 0 Å². The van der Waals surface area contributed by atoms with Crippen LogP contribution >= 0.6 is 0 Å². The van der Waals surface area contributed by atoms with Crippen molar-refractivity contribution in [1.82, 2.24) is 15.0 Å². The lowest BCUT2D eigenvalue weighted by atomic mass is 9.94. The molecular weight excluding hydrogens is 735 g/mol. The van der Waals surface area contributed by atoms with Gasteiger partial charge in [-0.05, 0) is 103 Å². The van der Waals surface area contributed by atoms with E-state index in [0.29, 0.717) is 17.5 Å². The van der Waals surface area contributed by atoms with Crippen LogP contribution in [0.1, 0.15) is 0 Å². The van der Waals surface area contributed by atoms with E-state index in [9.17, 15) is 0 Å². The number of benzene rings is 10. The van der Waals surface area contributed by atoms with E-state index >= 15 is 0 Å². The summed E-state index contributed by atoms with van der Waals surface area (Å²) in [6.07, 6.45) is 0. The zero-order chi connectivity index (χ0) is 39.3. The Morgan fingerprint density at radius 1 is 0.267 bits per heavy atom. The van der Waals surface area contributed by atoms with E-state index in [-0.39, 0.29) is 0 Å². The Labute approximate surface area is 342 Å². The molecule has 3 aromatic heterocycles. The maximum atomic E-state index is 6.28. The number of hydrogen-bond acceptors (Lipinski definition) is 5. The van der Waals surface area contributed by atoms with Gasteiger partial charge >= 0.3 is 0 Å². The molecule has 60 heavy (non-hydrogen) atoms. The molecule has 0 saturated carbocycles. The molecule has 278 valence electrons. The monoisotopic (exact) mass is 765 g/mol. The first-order valence-electron chi connectivity index (χ1n) is 20.2. The van der Waals surface area contributed by atoms with E-state index in [4.69, 9.17) is 23.8 Å². The second-order valence-corrected chi connectivity index (χ2v) is 15.6. The van der Waals surface area contributed by atoms with Crippen molar-refractivity contribution in [3.05, 3.63) is 188 Å². The van der Waals surface area contributed by atoms with Gasteiger partial charge in [0.2, 0.25) is 0 Å². The summed E-state index contributed by atoms with van der Waals surface area (Å²) in [6.45, 7) is 0. The third-order valence-corrected chi connectivity index (χ3v) is 12.1. The Hall–Kier alpha value is -8.15. The van der Waals surface area contributed by atoms with Gasteiger partial charge in [-0.15, -0.1) is 0 Å². The lowest BCUT2D eigenvalue weighted by Gasteiger charge is -2.12.